The summed E-state index contributed by atoms with van der Waals surface area (Å²) < 4.78 is 54.1. The fourth-order valence-electron chi connectivity index (χ4n) is 4.99. The maximum atomic E-state index is 13.5. The Kier molecular flexibility index (Phi) is 7.28. The van der Waals surface area contributed by atoms with E-state index in [-0.39, 0.29) is 5.82 Å². The number of allylic oxidation sites excluding steroid dienone is 1. The van der Waals surface area contributed by atoms with Crippen molar-refractivity contribution < 1.29 is 17.4 Å². The summed E-state index contributed by atoms with van der Waals surface area (Å²) in [5, 5.41) is 2.04. The van der Waals surface area contributed by atoms with Gasteiger partial charge in [-0.15, -0.1) is 0 Å². The van der Waals surface area contributed by atoms with Crippen LogP contribution in [0.5, 0.6) is 0 Å². The standard InChI is InChI=1S/C29H27ClF3N5OS/c1-18-36-26(29(31,32)33)17-37(18)24-11-6-20(19-4-3-5-23(14-19)40(2)39)15-25(24)38(35)27(16-34)28(12-13-28)21-7-9-22(30)10-8-21/h3-11,14-17H,12-13,34-35H2,1-2H3/b27-16-. The molecule has 11 heteroatoms. The van der Waals surface area contributed by atoms with Gasteiger partial charge >= 0.3 is 6.18 Å². The second kappa shape index (κ2) is 10.4. The minimum absolute atomic E-state index is 0.148. The lowest BCUT2D eigenvalue weighted by Gasteiger charge is -2.31. The molecule has 6 nitrogen and oxygen atoms in total. The van der Waals surface area contributed by atoms with Gasteiger partial charge in [-0.1, -0.05) is 41.9 Å². The van der Waals surface area contributed by atoms with Crippen molar-refractivity contribution in [2.45, 2.75) is 36.3 Å². The molecule has 5 rings (SSSR count). The Bertz CT molecular complexity index is 1630. The fraction of sp³-hybridized carbons (Fsp3) is 0.207. The highest BCUT2D eigenvalue weighted by atomic mass is 35.5. The van der Waals surface area contributed by atoms with Crippen LogP contribution in [0.25, 0.3) is 16.8 Å². The third kappa shape index (κ3) is 5.14. The molecular weight excluding hydrogens is 559 g/mol. The monoisotopic (exact) mass is 585 g/mol. The Morgan fingerprint density at radius 2 is 1.77 bits per heavy atom. The maximum Gasteiger partial charge on any atom is 0.434 e. The zero-order chi connectivity index (χ0) is 28.8. The first-order chi connectivity index (χ1) is 18.9. The number of benzene rings is 3. The first-order valence-corrected chi connectivity index (χ1v) is 14.3. The summed E-state index contributed by atoms with van der Waals surface area (Å²) >= 11 is 6.12. The first kappa shape index (κ1) is 27.9. The van der Waals surface area contributed by atoms with Gasteiger partial charge in [0.2, 0.25) is 0 Å². The van der Waals surface area contributed by atoms with Gasteiger partial charge < -0.3 is 10.3 Å². The lowest BCUT2D eigenvalue weighted by Crippen LogP contribution is -2.37. The Hall–Kier alpha value is -3.60. The summed E-state index contributed by atoms with van der Waals surface area (Å²) in [5.74, 6) is 6.95. The summed E-state index contributed by atoms with van der Waals surface area (Å²) in [6.45, 7) is 1.50. The zero-order valence-electron chi connectivity index (χ0n) is 21.7. The topological polar surface area (TPSA) is 90.2 Å². The Labute approximate surface area is 237 Å². The van der Waals surface area contributed by atoms with E-state index in [9.17, 15) is 17.4 Å². The van der Waals surface area contributed by atoms with Crippen LogP contribution in [-0.4, -0.2) is 20.0 Å². The molecule has 40 heavy (non-hydrogen) atoms. The van der Waals surface area contributed by atoms with E-state index < -0.39 is 28.1 Å². The molecule has 1 aromatic heterocycles. The smallest absolute Gasteiger partial charge is 0.403 e. The van der Waals surface area contributed by atoms with E-state index in [1.54, 1.807) is 48.7 Å². The number of halogens is 4. The predicted octanol–water partition coefficient (Wildman–Crippen LogP) is 6.47. The molecule has 0 spiro atoms. The molecule has 0 radical (unpaired) electrons. The average molecular weight is 586 g/mol. The quantitative estimate of drug-likeness (QED) is 0.192. The summed E-state index contributed by atoms with van der Waals surface area (Å²) in [5.41, 5.74) is 8.63. The summed E-state index contributed by atoms with van der Waals surface area (Å²) in [6.07, 6.45) is 0.963. The number of aryl methyl sites for hydroxylation is 1. The minimum atomic E-state index is -4.61. The molecule has 1 heterocycles. The number of imidazole rings is 1. The molecule has 1 fully saturated rings. The molecule has 0 aliphatic heterocycles. The SMILES string of the molecule is Cc1nc(C(F)(F)F)cn1-c1ccc(-c2cccc(S(C)=O)c2)cc1N(N)/C(=C\N)C1(c2ccc(Cl)cc2)CC1. The van der Waals surface area contributed by atoms with Crippen molar-refractivity contribution >= 4 is 28.1 Å². The average Bonchev–Trinajstić information content (AvgIpc) is 3.62. The van der Waals surface area contributed by atoms with Crippen molar-refractivity contribution in [3.05, 3.63) is 107 Å². The lowest BCUT2D eigenvalue weighted by molar-refractivity contribution is -0.141. The molecule has 1 aliphatic carbocycles. The van der Waals surface area contributed by atoms with Crippen LogP contribution in [0.3, 0.4) is 0 Å². The van der Waals surface area contributed by atoms with Gasteiger partial charge in [-0.2, -0.15) is 13.2 Å². The number of nitrogens with two attached hydrogens (primary N) is 2. The van der Waals surface area contributed by atoms with E-state index in [1.165, 1.54) is 22.7 Å². The van der Waals surface area contributed by atoms with E-state index in [0.29, 0.717) is 27.0 Å². The summed E-state index contributed by atoms with van der Waals surface area (Å²) in [4.78, 5) is 4.39. The molecule has 3 aromatic carbocycles. The van der Waals surface area contributed by atoms with Crippen LogP contribution in [-0.2, 0) is 22.4 Å². The molecule has 0 saturated heterocycles. The normalized spacial score (nSPS) is 15.6. The number of nitrogens with zero attached hydrogens (tertiary/aromatic N) is 3. The van der Waals surface area contributed by atoms with Gasteiger partial charge in [0.25, 0.3) is 0 Å². The Morgan fingerprint density at radius 1 is 1.10 bits per heavy atom. The molecule has 4 aromatic rings. The number of aromatic nitrogens is 2. The number of rotatable bonds is 7. The maximum absolute atomic E-state index is 13.5. The summed E-state index contributed by atoms with van der Waals surface area (Å²) in [6, 6.07) is 20.0. The Morgan fingerprint density at radius 3 is 2.35 bits per heavy atom. The highest BCUT2D eigenvalue weighted by molar-refractivity contribution is 7.84. The molecule has 0 amide bonds. The van der Waals surface area contributed by atoms with Gasteiger partial charge in [-0.25, -0.2) is 10.8 Å². The highest BCUT2D eigenvalue weighted by Crippen LogP contribution is 2.55. The number of hydrogen-bond donors (Lipinski definition) is 2. The molecule has 1 saturated carbocycles. The van der Waals surface area contributed by atoms with E-state index in [1.807, 2.05) is 24.3 Å². The van der Waals surface area contributed by atoms with Crippen LogP contribution >= 0.6 is 11.6 Å². The van der Waals surface area contributed by atoms with Crippen LogP contribution < -0.4 is 16.6 Å². The van der Waals surface area contributed by atoms with E-state index in [2.05, 4.69) is 4.98 Å². The van der Waals surface area contributed by atoms with Crippen LogP contribution in [0.2, 0.25) is 5.02 Å². The number of hydrogen-bond acceptors (Lipinski definition) is 5. The van der Waals surface area contributed by atoms with E-state index >= 15 is 0 Å². The number of hydrazine groups is 1. The molecule has 1 aliphatic rings. The predicted molar refractivity (Wildman–Crippen MR) is 152 cm³/mol. The van der Waals surface area contributed by atoms with Gasteiger partial charge in [-0.3, -0.25) is 9.22 Å². The number of anilines is 1. The molecule has 1 unspecified atom stereocenters. The lowest BCUT2D eigenvalue weighted by atomic mass is 9.91. The molecular formula is C29H27ClF3N5OS. The van der Waals surface area contributed by atoms with Crippen molar-refractivity contribution in [1.82, 2.24) is 9.55 Å². The third-order valence-corrected chi connectivity index (χ3v) is 8.39. The second-order valence-electron chi connectivity index (χ2n) is 9.74. The van der Waals surface area contributed by atoms with Crippen molar-refractivity contribution in [2.24, 2.45) is 11.6 Å². The van der Waals surface area contributed by atoms with Gasteiger partial charge in [0.05, 0.1) is 17.1 Å². The third-order valence-electron chi connectivity index (χ3n) is 7.22. The van der Waals surface area contributed by atoms with E-state index in [4.69, 9.17) is 23.2 Å². The van der Waals surface area contributed by atoms with Gasteiger partial charge in [0.15, 0.2) is 5.69 Å². The van der Waals surface area contributed by atoms with Crippen molar-refractivity contribution in [3.63, 3.8) is 0 Å². The molecule has 208 valence electrons. The van der Waals surface area contributed by atoms with Gasteiger partial charge in [0, 0.05) is 44.8 Å². The van der Waals surface area contributed by atoms with Crippen LogP contribution in [0.1, 0.15) is 29.9 Å². The summed E-state index contributed by atoms with van der Waals surface area (Å²) in [7, 11) is -1.19. The highest BCUT2D eigenvalue weighted by Gasteiger charge is 2.50. The van der Waals surface area contributed by atoms with Crippen LogP contribution in [0.15, 0.2) is 89.7 Å². The van der Waals surface area contributed by atoms with Crippen molar-refractivity contribution in [3.8, 4) is 16.8 Å². The van der Waals surface area contributed by atoms with Crippen LogP contribution in [0.4, 0.5) is 18.9 Å². The second-order valence-corrected chi connectivity index (χ2v) is 11.6. The minimum Gasteiger partial charge on any atom is -0.403 e. The molecule has 1 atom stereocenters. The van der Waals surface area contributed by atoms with Crippen molar-refractivity contribution in [1.29, 1.82) is 0 Å². The molecule has 4 N–H and O–H groups in total. The Balaban J connectivity index is 1.67. The first-order valence-electron chi connectivity index (χ1n) is 12.4. The van der Waals surface area contributed by atoms with Crippen LogP contribution in [0, 0.1) is 6.92 Å². The van der Waals surface area contributed by atoms with Gasteiger partial charge in [0.1, 0.15) is 5.82 Å². The fourth-order valence-corrected chi connectivity index (χ4v) is 5.68. The van der Waals surface area contributed by atoms with Gasteiger partial charge in [-0.05, 0) is 72.9 Å². The number of alkyl halides is 3. The van der Waals surface area contributed by atoms with Crippen molar-refractivity contribution in [2.75, 3.05) is 11.3 Å². The zero-order valence-corrected chi connectivity index (χ0v) is 23.3. The van der Waals surface area contributed by atoms with E-state index in [0.717, 1.165) is 35.7 Å². The molecule has 0 bridgehead atoms. The largest absolute Gasteiger partial charge is 0.434 e.